The number of unbranched alkanes of at least 4 members (excludes halogenated alkanes) is 1. The molecule has 2 heterocycles. The van der Waals surface area contributed by atoms with Gasteiger partial charge in [0.25, 0.3) is 0 Å². The van der Waals surface area contributed by atoms with E-state index in [-0.39, 0.29) is 5.92 Å². The van der Waals surface area contributed by atoms with Crippen molar-refractivity contribution in [1.82, 2.24) is 14.5 Å². The van der Waals surface area contributed by atoms with Crippen LogP contribution in [-0.4, -0.2) is 46.7 Å². The molecule has 2 aliphatic rings. The van der Waals surface area contributed by atoms with E-state index in [0.29, 0.717) is 25.0 Å². The standard InChI is InChI=1S/C28H35N3O3/c1-33-23-13-15-24(16-14-23)34-18-8-7-17-30-26-12-6-5-11-25(26)29-28(30)21-19-27(32)31(20-21)22-9-3-2-4-10-22/h5-6,11-16,21-22H,2-4,7-10,17-20H2,1H3. The highest BCUT2D eigenvalue weighted by Crippen LogP contribution is 2.34. The maximum atomic E-state index is 12.9. The fourth-order valence-corrected chi connectivity index (χ4v) is 5.52. The molecule has 1 atom stereocenters. The number of para-hydroxylation sites is 2. The van der Waals surface area contributed by atoms with Crippen LogP contribution in [0.25, 0.3) is 11.0 Å². The number of hydrogen-bond donors (Lipinski definition) is 0. The van der Waals surface area contributed by atoms with Crippen molar-refractivity contribution in [3.63, 3.8) is 0 Å². The molecule has 6 heteroatoms. The molecule has 1 aliphatic carbocycles. The fraction of sp³-hybridized carbons (Fsp3) is 0.500. The van der Waals surface area contributed by atoms with Crippen LogP contribution in [0.5, 0.6) is 11.5 Å². The van der Waals surface area contributed by atoms with Gasteiger partial charge in [-0.05, 0) is 62.1 Å². The number of hydrogen-bond acceptors (Lipinski definition) is 4. The first kappa shape index (κ1) is 22.8. The minimum Gasteiger partial charge on any atom is -0.497 e. The van der Waals surface area contributed by atoms with Gasteiger partial charge in [-0.25, -0.2) is 4.98 Å². The molecule has 6 nitrogen and oxygen atoms in total. The number of aromatic nitrogens is 2. The number of imidazole rings is 1. The van der Waals surface area contributed by atoms with E-state index in [4.69, 9.17) is 14.5 Å². The molecule has 2 fully saturated rings. The van der Waals surface area contributed by atoms with Gasteiger partial charge in [-0.2, -0.15) is 0 Å². The lowest BCUT2D eigenvalue weighted by atomic mass is 9.94. The van der Waals surface area contributed by atoms with Crippen molar-refractivity contribution in [2.45, 2.75) is 69.9 Å². The van der Waals surface area contributed by atoms with Crippen molar-refractivity contribution in [1.29, 1.82) is 0 Å². The highest BCUT2D eigenvalue weighted by Gasteiger charge is 2.37. The Morgan fingerprint density at radius 2 is 1.74 bits per heavy atom. The van der Waals surface area contributed by atoms with Crippen molar-refractivity contribution in [2.24, 2.45) is 0 Å². The van der Waals surface area contributed by atoms with Crippen LogP contribution in [0.4, 0.5) is 0 Å². The van der Waals surface area contributed by atoms with Crippen LogP contribution in [0, 0.1) is 0 Å². The lowest BCUT2D eigenvalue weighted by Crippen LogP contribution is -2.37. The van der Waals surface area contributed by atoms with Gasteiger partial charge >= 0.3 is 0 Å². The quantitative estimate of drug-likeness (QED) is 0.392. The molecule has 0 radical (unpaired) electrons. The smallest absolute Gasteiger partial charge is 0.223 e. The molecule has 0 spiro atoms. The van der Waals surface area contributed by atoms with Gasteiger partial charge in [0.05, 0.1) is 24.8 Å². The maximum Gasteiger partial charge on any atom is 0.223 e. The van der Waals surface area contributed by atoms with E-state index in [1.54, 1.807) is 7.11 Å². The average Bonchev–Trinajstić information content (AvgIpc) is 3.45. The number of fused-ring (bicyclic) bond motifs is 1. The zero-order valence-electron chi connectivity index (χ0n) is 20.1. The Labute approximate surface area is 201 Å². The van der Waals surface area contributed by atoms with Crippen LogP contribution in [0.1, 0.15) is 63.1 Å². The fourth-order valence-electron chi connectivity index (χ4n) is 5.52. The second-order valence-electron chi connectivity index (χ2n) is 9.58. The number of amides is 1. The van der Waals surface area contributed by atoms with Crippen molar-refractivity contribution in [3.8, 4) is 11.5 Å². The van der Waals surface area contributed by atoms with Gasteiger partial charge in [-0.3, -0.25) is 4.79 Å². The molecular formula is C28H35N3O3. The summed E-state index contributed by atoms with van der Waals surface area (Å²) in [5, 5.41) is 0. The van der Waals surface area contributed by atoms with Crippen molar-refractivity contribution < 1.29 is 14.3 Å². The van der Waals surface area contributed by atoms with Crippen LogP contribution in [0.2, 0.25) is 0 Å². The summed E-state index contributed by atoms with van der Waals surface area (Å²) in [5.41, 5.74) is 2.19. The summed E-state index contributed by atoms with van der Waals surface area (Å²) in [4.78, 5) is 20.1. The number of benzene rings is 2. The highest BCUT2D eigenvalue weighted by atomic mass is 16.5. The third-order valence-electron chi connectivity index (χ3n) is 7.33. The van der Waals surface area contributed by atoms with Crippen molar-refractivity contribution in [2.75, 3.05) is 20.3 Å². The Kier molecular flexibility index (Phi) is 7.02. The molecule has 1 amide bonds. The van der Waals surface area contributed by atoms with Gasteiger partial charge in [0, 0.05) is 31.5 Å². The van der Waals surface area contributed by atoms with Crippen LogP contribution in [0.3, 0.4) is 0 Å². The van der Waals surface area contributed by atoms with Gasteiger partial charge < -0.3 is 18.9 Å². The van der Waals surface area contributed by atoms with E-state index in [0.717, 1.165) is 67.1 Å². The zero-order chi connectivity index (χ0) is 23.3. The predicted octanol–water partition coefficient (Wildman–Crippen LogP) is 5.55. The third-order valence-corrected chi connectivity index (χ3v) is 7.33. The van der Waals surface area contributed by atoms with E-state index in [2.05, 4.69) is 27.7 Å². The molecule has 180 valence electrons. The third kappa shape index (κ3) is 4.91. The van der Waals surface area contributed by atoms with Gasteiger partial charge in [-0.1, -0.05) is 31.4 Å². The number of rotatable bonds is 9. The van der Waals surface area contributed by atoms with E-state index in [9.17, 15) is 4.79 Å². The Balaban J connectivity index is 1.23. The summed E-state index contributed by atoms with van der Waals surface area (Å²) in [5.74, 6) is 3.26. The second-order valence-corrected chi connectivity index (χ2v) is 9.58. The number of ether oxygens (including phenoxy) is 2. The van der Waals surface area contributed by atoms with Gasteiger partial charge in [0.15, 0.2) is 0 Å². The summed E-state index contributed by atoms with van der Waals surface area (Å²) in [6.07, 6.45) is 8.64. The summed E-state index contributed by atoms with van der Waals surface area (Å²) in [7, 11) is 1.67. The Bertz CT molecular complexity index is 1100. The summed E-state index contributed by atoms with van der Waals surface area (Å²) in [6.45, 7) is 2.37. The lowest BCUT2D eigenvalue weighted by Gasteiger charge is -2.31. The molecular weight excluding hydrogens is 426 g/mol. The van der Waals surface area contributed by atoms with Crippen molar-refractivity contribution >= 4 is 16.9 Å². The normalized spacial score (nSPS) is 19.1. The molecule has 1 aromatic heterocycles. The van der Waals surface area contributed by atoms with E-state index in [1.165, 1.54) is 19.3 Å². The number of methoxy groups -OCH3 is 1. The lowest BCUT2D eigenvalue weighted by molar-refractivity contribution is -0.130. The minimum absolute atomic E-state index is 0.178. The molecule has 1 saturated carbocycles. The number of likely N-dealkylation sites (tertiary alicyclic amines) is 1. The average molecular weight is 462 g/mol. The molecule has 0 bridgehead atoms. The number of carbonyl (C=O) groups excluding carboxylic acids is 1. The second kappa shape index (κ2) is 10.5. The molecule has 1 unspecified atom stereocenters. The Hall–Kier alpha value is -3.02. The Morgan fingerprint density at radius 1 is 0.971 bits per heavy atom. The maximum absolute atomic E-state index is 12.9. The SMILES string of the molecule is COc1ccc(OCCCCn2c(C3CC(=O)N(C4CCCCC4)C3)nc3ccccc32)cc1. The molecule has 1 saturated heterocycles. The summed E-state index contributed by atoms with van der Waals surface area (Å²) < 4.78 is 13.5. The Morgan fingerprint density at radius 3 is 2.53 bits per heavy atom. The molecule has 0 N–H and O–H groups in total. The van der Waals surface area contributed by atoms with Gasteiger partial charge in [0.2, 0.25) is 5.91 Å². The van der Waals surface area contributed by atoms with Crippen LogP contribution in [0.15, 0.2) is 48.5 Å². The largest absolute Gasteiger partial charge is 0.497 e. The van der Waals surface area contributed by atoms with Crippen LogP contribution >= 0.6 is 0 Å². The first-order valence-corrected chi connectivity index (χ1v) is 12.7. The van der Waals surface area contributed by atoms with Gasteiger partial charge in [0.1, 0.15) is 17.3 Å². The van der Waals surface area contributed by atoms with E-state index >= 15 is 0 Å². The predicted molar refractivity (Wildman–Crippen MR) is 133 cm³/mol. The van der Waals surface area contributed by atoms with Crippen LogP contribution < -0.4 is 9.47 Å². The van der Waals surface area contributed by atoms with Crippen LogP contribution in [-0.2, 0) is 11.3 Å². The monoisotopic (exact) mass is 461 g/mol. The molecule has 1 aliphatic heterocycles. The van der Waals surface area contributed by atoms with Gasteiger partial charge in [-0.15, -0.1) is 0 Å². The summed E-state index contributed by atoms with van der Waals surface area (Å²) in [6, 6.07) is 16.5. The minimum atomic E-state index is 0.178. The van der Waals surface area contributed by atoms with E-state index in [1.807, 2.05) is 30.3 Å². The molecule has 3 aromatic rings. The number of nitrogens with zero attached hydrogens (tertiary/aromatic N) is 3. The first-order valence-electron chi connectivity index (χ1n) is 12.7. The van der Waals surface area contributed by atoms with Crippen molar-refractivity contribution in [3.05, 3.63) is 54.4 Å². The molecule has 34 heavy (non-hydrogen) atoms. The molecule has 2 aromatic carbocycles. The molecule has 5 rings (SSSR count). The zero-order valence-corrected chi connectivity index (χ0v) is 20.1. The summed E-state index contributed by atoms with van der Waals surface area (Å²) >= 11 is 0. The van der Waals surface area contributed by atoms with E-state index < -0.39 is 0 Å². The highest BCUT2D eigenvalue weighted by molar-refractivity contribution is 5.81. The number of carbonyl (C=O) groups is 1. The first-order chi connectivity index (χ1) is 16.7. The number of aryl methyl sites for hydroxylation is 1. The topological polar surface area (TPSA) is 56.6 Å².